The van der Waals surface area contributed by atoms with Gasteiger partial charge in [0.15, 0.2) is 18.0 Å². The second-order valence-corrected chi connectivity index (χ2v) is 15.2. The van der Waals surface area contributed by atoms with Gasteiger partial charge in [-0.25, -0.2) is 18.0 Å². The molecule has 1 aromatic heterocycles. The largest absolute Gasteiger partial charge is 0.511 e. The third kappa shape index (κ3) is 5.67. The minimum atomic E-state index is -2.12. The first-order valence-electron chi connectivity index (χ1n) is 15.7. The fourth-order valence-electron chi connectivity index (χ4n) is 8.69. The second-order valence-electron chi connectivity index (χ2n) is 14.1. The third-order valence-electron chi connectivity index (χ3n) is 11.0. The molecule has 4 aliphatic rings. The Morgan fingerprint density at radius 3 is 2.55 bits per heavy atom. The van der Waals surface area contributed by atoms with Crippen LogP contribution < -0.4 is 0 Å². The molecule has 0 saturated heterocycles. The summed E-state index contributed by atoms with van der Waals surface area (Å²) in [5, 5.41) is 22.6. The Hall–Kier alpha value is -3.30. The average Bonchev–Trinajstić information content (AvgIpc) is 3.59. The molecule has 12 heteroatoms. The number of fused-ring (bicyclic) bond motifs is 5. The van der Waals surface area contributed by atoms with Gasteiger partial charge in [-0.15, -0.1) is 0 Å². The van der Waals surface area contributed by atoms with E-state index in [1.165, 1.54) is 39.2 Å². The Kier molecular flexibility index (Phi) is 9.16. The monoisotopic (exact) mass is 678 g/mol. The van der Waals surface area contributed by atoms with Crippen molar-refractivity contribution in [2.45, 2.75) is 89.8 Å². The van der Waals surface area contributed by atoms with Gasteiger partial charge in [0.25, 0.3) is 0 Å². The summed E-state index contributed by atoms with van der Waals surface area (Å²) in [7, 11) is 0. The molecule has 3 saturated carbocycles. The zero-order valence-electron chi connectivity index (χ0n) is 27.1. The van der Waals surface area contributed by atoms with E-state index in [1.807, 2.05) is 6.92 Å². The van der Waals surface area contributed by atoms with Crippen LogP contribution in [-0.2, 0) is 19.1 Å². The van der Waals surface area contributed by atoms with Crippen LogP contribution >= 0.6 is 11.4 Å². The number of carbonyl (C=O) groups is 3. The van der Waals surface area contributed by atoms with Crippen LogP contribution in [0.15, 0.2) is 46.3 Å². The molecular weight excluding hydrogens is 637 g/mol. The van der Waals surface area contributed by atoms with Gasteiger partial charge in [-0.2, -0.15) is 11.4 Å². The Labute approximate surface area is 275 Å². The molecule has 8 nitrogen and oxygen atoms in total. The van der Waals surface area contributed by atoms with Crippen molar-refractivity contribution in [2.75, 3.05) is 12.4 Å². The van der Waals surface area contributed by atoms with Crippen molar-refractivity contribution in [1.82, 2.24) is 0 Å². The Morgan fingerprint density at radius 2 is 1.89 bits per heavy atom. The van der Waals surface area contributed by atoms with Crippen LogP contribution in [0.3, 0.4) is 0 Å². The van der Waals surface area contributed by atoms with E-state index in [0.717, 1.165) is 12.2 Å². The maximum Gasteiger partial charge on any atom is 0.375 e. The molecule has 0 radical (unpaired) electrons. The number of halogens is 3. The van der Waals surface area contributed by atoms with Crippen LogP contribution in [0.25, 0.3) is 0 Å². The number of allylic oxidation sites excluding steroid dienone is 3. The maximum atomic E-state index is 17.6. The summed E-state index contributed by atoms with van der Waals surface area (Å²) in [5.41, 5.74) is -8.39. The fourth-order valence-corrected chi connectivity index (χ4v) is 9.79. The second kappa shape index (κ2) is 12.3. The number of ether oxygens (including phenoxy) is 2. The Balaban J connectivity index is 1.48. The SMILES string of the molecule is C[C@@H]1C[C@H]2[C@@H]3C[C@H](F)C4=CC(=O)C=C(O)[C@]4(C)[C@@]3(F)CC[C@]2(C)[C@]1(OC(=O)c1ccco1)C(O)=[SH]CC#CCOC(=O)CC(C)(C)F. The molecule has 0 unspecified atom stereocenters. The van der Waals surface area contributed by atoms with Gasteiger partial charge in [0.2, 0.25) is 5.76 Å². The zero-order chi connectivity index (χ0) is 34.6. The highest BCUT2D eigenvalue weighted by atomic mass is 32.1. The lowest BCUT2D eigenvalue weighted by Crippen LogP contribution is -2.66. The number of aliphatic hydroxyl groups excluding tert-OH is 2. The summed E-state index contributed by atoms with van der Waals surface area (Å²) in [6.45, 7) is 7.31. The molecule has 2 N–H and O–H groups in total. The molecule has 0 aliphatic heterocycles. The van der Waals surface area contributed by atoms with Crippen LogP contribution in [0.1, 0.15) is 77.3 Å². The van der Waals surface area contributed by atoms with E-state index in [2.05, 4.69) is 11.8 Å². The number of carbonyl (C=O) groups excluding carboxylic acids is 3. The van der Waals surface area contributed by atoms with Gasteiger partial charge in [-0.1, -0.05) is 25.7 Å². The van der Waals surface area contributed by atoms with E-state index in [-0.39, 0.29) is 65.8 Å². The van der Waals surface area contributed by atoms with Gasteiger partial charge in [0.1, 0.15) is 28.3 Å². The van der Waals surface area contributed by atoms with Crippen LogP contribution in [0, 0.1) is 40.4 Å². The van der Waals surface area contributed by atoms with E-state index >= 15 is 8.78 Å². The lowest BCUT2D eigenvalue weighted by molar-refractivity contribution is -0.169. The van der Waals surface area contributed by atoms with Crippen LogP contribution in [0.2, 0.25) is 0 Å². The molecule has 5 rings (SSSR count). The normalized spacial score (nSPS) is 36.7. The predicted octanol–water partition coefficient (Wildman–Crippen LogP) is 6.49. The molecule has 1 aromatic rings. The first kappa shape index (κ1) is 35.0. The van der Waals surface area contributed by atoms with Crippen molar-refractivity contribution in [3.8, 4) is 11.8 Å². The van der Waals surface area contributed by atoms with Gasteiger partial charge < -0.3 is 24.1 Å². The molecule has 0 spiro atoms. The van der Waals surface area contributed by atoms with Crippen LogP contribution in [0.5, 0.6) is 0 Å². The minimum absolute atomic E-state index is 0.0630. The number of hydrogen-bond donors (Lipinski definition) is 3. The van der Waals surface area contributed by atoms with Crippen molar-refractivity contribution in [1.29, 1.82) is 0 Å². The third-order valence-corrected chi connectivity index (χ3v) is 11.9. The van der Waals surface area contributed by atoms with Crippen molar-refractivity contribution < 1.29 is 51.7 Å². The van der Waals surface area contributed by atoms with Crippen LogP contribution in [-0.4, -0.2) is 68.5 Å². The van der Waals surface area contributed by atoms with Crippen LogP contribution in [0.4, 0.5) is 13.2 Å². The van der Waals surface area contributed by atoms with Crippen molar-refractivity contribution in [3.63, 3.8) is 0 Å². The standard InChI is InChI=1S/C35H41F3O8S/c1-20-15-22-23-18-25(36)24-16-21(39)17-27(40)33(24,5)34(23,38)11-10-32(22,4)35(20,46-29(42)26-9-8-13-44-26)30(43)47-14-7-6-12-45-28(41)19-31(2,3)37/h8-9,13,16-17,20,22-23,25,40,43,47H,10-12,14-15,18-19H2,1-5H3/t20-,22+,23+,25+,32+,33-,34-,35-/m1/s1. The predicted molar refractivity (Wildman–Crippen MR) is 170 cm³/mol. The van der Waals surface area contributed by atoms with E-state index in [9.17, 15) is 29.0 Å². The molecule has 256 valence electrons. The highest BCUT2D eigenvalue weighted by Gasteiger charge is 2.76. The number of rotatable bonds is 7. The van der Waals surface area contributed by atoms with Crippen molar-refractivity contribution >= 4 is 34.1 Å². The summed E-state index contributed by atoms with van der Waals surface area (Å²) in [4.78, 5) is 37.4. The number of alkyl halides is 3. The molecular formula is C35H41F3O8S. The molecule has 3 fully saturated rings. The molecule has 4 aliphatic carbocycles. The summed E-state index contributed by atoms with van der Waals surface area (Å²) >= 11 is 0.279. The van der Waals surface area contributed by atoms with Gasteiger partial charge in [0, 0.05) is 29.1 Å². The van der Waals surface area contributed by atoms with E-state index < -0.39 is 81.6 Å². The van der Waals surface area contributed by atoms with Gasteiger partial charge >= 0.3 is 11.9 Å². The highest BCUT2D eigenvalue weighted by molar-refractivity contribution is 7.98. The number of hydrogen-bond acceptors (Lipinski definition) is 7. The first-order chi connectivity index (χ1) is 21.9. The minimum Gasteiger partial charge on any atom is -0.511 e. The summed E-state index contributed by atoms with van der Waals surface area (Å²) in [6.07, 6.45) is 1.22. The van der Waals surface area contributed by atoms with E-state index in [4.69, 9.17) is 13.9 Å². The molecule has 8 atom stereocenters. The highest BCUT2D eigenvalue weighted by Crippen LogP contribution is 2.72. The fraction of sp³-hybridized carbons (Fsp3) is 0.600. The molecule has 1 heterocycles. The number of thiol groups is 1. The number of esters is 2. The van der Waals surface area contributed by atoms with E-state index in [1.54, 1.807) is 6.92 Å². The van der Waals surface area contributed by atoms with Gasteiger partial charge in [0.05, 0.1) is 18.1 Å². The molecule has 0 bridgehead atoms. The Morgan fingerprint density at radius 1 is 1.17 bits per heavy atom. The average molecular weight is 679 g/mol. The first-order valence-corrected chi connectivity index (χ1v) is 16.8. The maximum absolute atomic E-state index is 17.6. The van der Waals surface area contributed by atoms with Gasteiger partial charge in [-0.05, 0) is 76.2 Å². The topological polar surface area (TPSA) is 123 Å². The number of furan rings is 1. The smallest absolute Gasteiger partial charge is 0.375 e. The quantitative estimate of drug-likeness (QED) is 0.129. The number of aliphatic hydroxyl groups is 2. The number of ketones is 1. The zero-order valence-corrected chi connectivity index (χ0v) is 28.0. The summed E-state index contributed by atoms with van der Waals surface area (Å²) < 4.78 is 63.7. The molecule has 47 heavy (non-hydrogen) atoms. The lowest BCUT2D eigenvalue weighted by atomic mass is 9.45. The summed E-state index contributed by atoms with van der Waals surface area (Å²) in [6, 6.07) is 2.95. The van der Waals surface area contributed by atoms with E-state index in [0.29, 0.717) is 0 Å². The molecule has 0 amide bonds. The Bertz CT molecular complexity index is 1600. The molecule has 0 aromatic carbocycles. The van der Waals surface area contributed by atoms with Crippen molar-refractivity contribution in [3.05, 3.63) is 47.6 Å². The van der Waals surface area contributed by atoms with Crippen molar-refractivity contribution in [2.24, 2.45) is 28.6 Å². The van der Waals surface area contributed by atoms with Gasteiger partial charge in [-0.3, -0.25) is 9.59 Å². The lowest BCUT2D eigenvalue weighted by Gasteiger charge is -2.62. The summed E-state index contributed by atoms with van der Waals surface area (Å²) in [5.74, 6) is 0.693.